The third-order valence-corrected chi connectivity index (χ3v) is 3.65. The van der Waals surface area contributed by atoms with E-state index in [-0.39, 0.29) is 11.6 Å². The van der Waals surface area contributed by atoms with Gasteiger partial charge in [0.05, 0.1) is 6.04 Å². The third kappa shape index (κ3) is 2.78. The van der Waals surface area contributed by atoms with Crippen molar-refractivity contribution in [1.82, 2.24) is 9.78 Å². The van der Waals surface area contributed by atoms with Crippen molar-refractivity contribution in [3.05, 3.63) is 40.3 Å². The number of allylic oxidation sites excluding steroid dienone is 1. The molecule has 0 saturated heterocycles. The molecule has 1 saturated carbocycles. The fourth-order valence-corrected chi connectivity index (χ4v) is 2.73. The van der Waals surface area contributed by atoms with Crippen molar-refractivity contribution in [2.45, 2.75) is 38.1 Å². The summed E-state index contributed by atoms with van der Waals surface area (Å²) >= 11 is 5.85. The molecular formula is C13H17ClN2O. The second-order valence-corrected chi connectivity index (χ2v) is 4.95. The van der Waals surface area contributed by atoms with Gasteiger partial charge < -0.3 is 0 Å². The Kier molecular flexibility index (Phi) is 4.00. The molecule has 1 aromatic heterocycles. The van der Waals surface area contributed by atoms with E-state index in [4.69, 9.17) is 11.6 Å². The minimum Gasteiger partial charge on any atom is -0.268 e. The van der Waals surface area contributed by atoms with Gasteiger partial charge in [0.15, 0.2) is 0 Å². The maximum absolute atomic E-state index is 11.8. The van der Waals surface area contributed by atoms with E-state index in [9.17, 15) is 4.79 Å². The molecule has 92 valence electrons. The second kappa shape index (κ2) is 5.50. The van der Waals surface area contributed by atoms with Crippen LogP contribution >= 0.6 is 11.6 Å². The lowest BCUT2D eigenvalue weighted by Gasteiger charge is -2.28. The largest absolute Gasteiger partial charge is 0.268 e. The van der Waals surface area contributed by atoms with Crippen LogP contribution in [0.3, 0.4) is 0 Å². The van der Waals surface area contributed by atoms with Crippen molar-refractivity contribution in [3.8, 4) is 0 Å². The predicted octanol–water partition coefficient (Wildman–Crippen LogP) is 3.20. The third-order valence-electron chi connectivity index (χ3n) is 3.45. The zero-order valence-electron chi connectivity index (χ0n) is 9.81. The molecule has 0 bridgehead atoms. The molecule has 0 N–H and O–H groups in total. The Labute approximate surface area is 106 Å². The summed E-state index contributed by atoms with van der Waals surface area (Å²) in [5.74, 6) is 0.463. The van der Waals surface area contributed by atoms with Gasteiger partial charge in [-0.2, -0.15) is 5.10 Å². The van der Waals surface area contributed by atoms with Gasteiger partial charge in [0.2, 0.25) is 0 Å². The van der Waals surface area contributed by atoms with Gasteiger partial charge in [-0.15, -0.1) is 6.58 Å². The molecule has 1 fully saturated rings. The lowest BCUT2D eigenvalue weighted by molar-refractivity contribution is 0.266. The number of nitrogens with zero attached hydrogens (tertiary/aromatic N) is 2. The van der Waals surface area contributed by atoms with Crippen LogP contribution < -0.4 is 5.56 Å². The van der Waals surface area contributed by atoms with Crippen LogP contribution in [0.25, 0.3) is 0 Å². The van der Waals surface area contributed by atoms with Crippen LogP contribution in [0, 0.1) is 5.92 Å². The molecule has 1 aliphatic carbocycles. The van der Waals surface area contributed by atoms with Gasteiger partial charge in [-0.25, -0.2) is 4.68 Å². The van der Waals surface area contributed by atoms with E-state index in [1.54, 1.807) is 0 Å². The Balaban J connectivity index is 2.30. The molecule has 1 heterocycles. The number of hydrogen-bond acceptors (Lipinski definition) is 2. The zero-order valence-corrected chi connectivity index (χ0v) is 10.6. The van der Waals surface area contributed by atoms with Crippen molar-refractivity contribution >= 4 is 11.6 Å². The summed E-state index contributed by atoms with van der Waals surface area (Å²) in [7, 11) is 0. The second-order valence-electron chi connectivity index (χ2n) is 4.56. The highest BCUT2D eigenvalue weighted by molar-refractivity contribution is 6.29. The van der Waals surface area contributed by atoms with Crippen molar-refractivity contribution in [1.29, 1.82) is 0 Å². The molecule has 17 heavy (non-hydrogen) atoms. The summed E-state index contributed by atoms with van der Waals surface area (Å²) in [5.41, 5.74) is -0.107. The summed E-state index contributed by atoms with van der Waals surface area (Å²) in [6.45, 7) is 3.84. The van der Waals surface area contributed by atoms with Crippen LogP contribution in [0.2, 0.25) is 5.15 Å². The lowest BCUT2D eigenvalue weighted by atomic mass is 9.84. The van der Waals surface area contributed by atoms with Gasteiger partial charge in [0.1, 0.15) is 5.15 Å². The quantitative estimate of drug-likeness (QED) is 0.775. The fraction of sp³-hybridized carbons (Fsp3) is 0.538. The van der Waals surface area contributed by atoms with Gasteiger partial charge in [0, 0.05) is 6.07 Å². The smallest absolute Gasteiger partial charge is 0.267 e. The van der Waals surface area contributed by atoms with E-state index in [1.807, 2.05) is 6.08 Å². The highest BCUT2D eigenvalue weighted by Gasteiger charge is 2.24. The molecule has 0 aromatic carbocycles. The summed E-state index contributed by atoms with van der Waals surface area (Å²) in [4.78, 5) is 11.8. The minimum atomic E-state index is -0.107. The van der Waals surface area contributed by atoms with E-state index in [1.165, 1.54) is 36.1 Å². The first-order valence-electron chi connectivity index (χ1n) is 6.10. The maximum atomic E-state index is 11.8. The van der Waals surface area contributed by atoms with Crippen LogP contribution in [0.1, 0.15) is 38.1 Å². The molecule has 1 aliphatic rings. The molecule has 0 amide bonds. The van der Waals surface area contributed by atoms with Crippen molar-refractivity contribution < 1.29 is 0 Å². The van der Waals surface area contributed by atoms with Crippen LogP contribution in [0.15, 0.2) is 29.6 Å². The zero-order chi connectivity index (χ0) is 12.3. The van der Waals surface area contributed by atoms with E-state index in [0.29, 0.717) is 11.1 Å². The van der Waals surface area contributed by atoms with Crippen molar-refractivity contribution in [2.24, 2.45) is 5.92 Å². The monoisotopic (exact) mass is 252 g/mol. The number of halogens is 1. The Morgan fingerprint density at radius 1 is 1.41 bits per heavy atom. The average Bonchev–Trinajstić information content (AvgIpc) is 2.36. The maximum Gasteiger partial charge on any atom is 0.267 e. The molecule has 1 atom stereocenters. The van der Waals surface area contributed by atoms with Gasteiger partial charge in [0.25, 0.3) is 5.56 Å². The molecule has 4 heteroatoms. The Hall–Kier alpha value is -1.09. The van der Waals surface area contributed by atoms with Crippen LogP contribution in [0.4, 0.5) is 0 Å². The van der Waals surface area contributed by atoms with Gasteiger partial charge in [-0.05, 0) is 24.8 Å². The predicted molar refractivity (Wildman–Crippen MR) is 69.3 cm³/mol. The first-order chi connectivity index (χ1) is 8.22. The summed E-state index contributed by atoms with van der Waals surface area (Å²) < 4.78 is 1.48. The van der Waals surface area contributed by atoms with Crippen LogP contribution in [-0.2, 0) is 0 Å². The fourth-order valence-electron chi connectivity index (χ4n) is 2.58. The van der Waals surface area contributed by atoms with Crippen molar-refractivity contribution in [2.75, 3.05) is 0 Å². The van der Waals surface area contributed by atoms with Crippen LogP contribution in [0.5, 0.6) is 0 Å². The Morgan fingerprint density at radius 3 is 2.76 bits per heavy atom. The molecule has 0 aliphatic heterocycles. The average molecular weight is 253 g/mol. The molecule has 0 radical (unpaired) electrons. The van der Waals surface area contributed by atoms with E-state index in [0.717, 1.165) is 12.8 Å². The van der Waals surface area contributed by atoms with Crippen molar-refractivity contribution in [3.63, 3.8) is 0 Å². The normalized spacial score (nSPS) is 18.9. The summed E-state index contributed by atoms with van der Waals surface area (Å²) in [6, 6.07) is 2.97. The lowest BCUT2D eigenvalue weighted by Crippen LogP contribution is -2.31. The SMILES string of the molecule is C=C[C@H](C1CCCCC1)n1nc(Cl)ccc1=O. The van der Waals surface area contributed by atoms with Gasteiger partial charge in [-0.3, -0.25) is 4.79 Å². The van der Waals surface area contributed by atoms with E-state index >= 15 is 0 Å². The standard InChI is InChI=1S/C13H17ClN2O/c1-2-11(10-6-4-3-5-7-10)16-13(17)9-8-12(14)15-16/h2,8-11H,1,3-7H2/t11-/m1/s1. The molecule has 1 aromatic rings. The molecule has 0 spiro atoms. The first-order valence-corrected chi connectivity index (χ1v) is 6.48. The summed E-state index contributed by atoms with van der Waals surface area (Å²) in [6.07, 6.45) is 7.84. The molecule has 0 unspecified atom stereocenters. The van der Waals surface area contributed by atoms with Gasteiger partial charge in [-0.1, -0.05) is 36.9 Å². The topological polar surface area (TPSA) is 34.9 Å². The number of hydrogen-bond donors (Lipinski definition) is 0. The Morgan fingerprint density at radius 2 is 2.12 bits per heavy atom. The molecule has 3 nitrogen and oxygen atoms in total. The number of rotatable bonds is 3. The molecule has 2 rings (SSSR count). The van der Waals surface area contributed by atoms with E-state index in [2.05, 4.69) is 11.7 Å². The highest BCUT2D eigenvalue weighted by atomic mass is 35.5. The summed E-state index contributed by atoms with van der Waals surface area (Å²) in [5, 5.41) is 4.47. The van der Waals surface area contributed by atoms with Gasteiger partial charge >= 0.3 is 0 Å². The Bertz CT molecular complexity index is 449. The van der Waals surface area contributed by atoms with Crippen LogP contribution in [-0.4, -0.2) is 9.78 Å². The van der Waals surface area contributed by atoms with E-state index < -0.39 is 0 Å². The number of aromatic nitrogens is 2. The molecular weight excluding hydrogens is 236 g/mol. The minimum absolute atomic E-state index is 0.0264. The first kappa shape index (κ1) is 12.4. The highest BCUT2D eigenvalue weighted by Crippen LogP contribution is 2.32.